The van der Waals surface area contributed by atoms with E-state index in [4.69, 9.17) is 0 Å². The molecule has 0 amide bonds. The number of likely N-dealkylation sites (N-methyl/N-ethyl adjacent to an activating group) is 1. The van der Waals surface area contributed by atoms with Gasteiger partial charge in [0.2, 0.25) is 0 Å². The van der Waals surface area contributed by atoms with Crippen LogP contribution in [0.2, 0.25) is 0 Å². The van der Waals surface area contributed by atoms with Crippen molar-refractivity contribution in [2.24, 2.45) is 0 Å². The second-order valence-corrected chi connectivity index (χ2v) is 8.54. The van der Waals surface area contributed by atoms with Gasteiger partial charge in [-0.25, -0.2) is 8.42 Å². The zero-order chi connectivity index (χ0) is 14.5. The number of hydrogen-bond donors (Lipinski definition) is 1. The minimum atomic E-state index is -2.83. The van der Waals surface area contributed by atoms with Gasteiger partial charge in [-0.05, 0) is 59.7 Å². The molecule has 1 N–H and O–H groups in total. The lowest BCUT2D eigenvalue weighted by atomic mass is 9.89. The number of likely N-dealkylation sites (tertiary alicyclic amines) is 1. The lowest BCUT2D eigenvalue weighted by Crippen LogP contribution is -2.56. The average Bonchev–Trinajstić information content (AvgIpc) is 2.88. The van der Waals surface area contributed by atoms with Crippen LogP contribution in [0.4, 0.5) is 0 Å². The quantitative estimate of drug-likeness (QED) is 0.739. The molecule has 0 aromatic rings. The van der Waals surface area contributed by atoms with Crippen LogP contribution in [0.5, 0.6) is 0 Å². The van der Waals surface area contributed by atoms with E-state index in [0.717, 1.165) is 12.8 Å². The zero-order valence-electron chi connectivity index (χ0n) is 12.9. The fourth-order valence-corrected chi connectivity index (χ4v) is 3.91. The summed E-state index contributed by atoms with van der Waals surface area (Å²) in [5, 5.41) is 3.39. The summed E-state index contributed by atoms with van der Waals surface area (Å²) in [6.45, 7) is 8.59. The molecule has 0 saturated carbocycles. The Kier molecular flexibility index (Phi) is 6.27. The average molecular weight is 290 g/mol. The van der Waals surface area contributed by atoms with Crippen molar-refractivity contribution in [2.75, 3.05) is 31.6 Å². The number of hydrogen-bond acceptors (Lipinski definition) is 4. The largest absolute Gasteiger partial charge is 0.315 e. The molecule has 1 heterocycles. The van der Waals surface area contributed by atoms with E-state index in [1.165, 1.54) is 25.9 Å². The third-order valence-electron chi connectivity index (χ3n) is 4.51. The van der Waals surface area contributed by atoms with E-state index in [1.807, 2.05) is 7.05 Å². The Morgan fingerprint density at radius 2 is 1.84 bits per heavy atom. The van der Waals surface area contributed by atoms with Gasteiger partial charge in [0.25, 0.3) is 0 Å². The van der Waals surface area contributed by atoms with E-state index in [0.29, 0.717) is 11.8 Å². The molecule has 0 aliphatic carbocycles. The highest BCUT2D eigenvalue weighted by atomic mass is 32.2. The summed E-state index contributed by atoms with van der Waals surface area (Å²) in [6, 6.07) is 0.345. The first-order valence-corrected chi connectivity index (χ1v) is 9.28. The molecular formula is C14H30N2O2S. The molecular weight excluding hydrogens is 260 g/mol. The summed E-state index contributed by atoms with van der Waals surface area (Å²) >= 11 is 0. The molecule has 0 radical (unpaired) electrons. The van der Waals surface area contributed by atoms with Crippen molar-refractivity contribution in [1.82, 2.24) is 10.2 Å². The maximum atomic E-state index is 11.5. The van der Waals surface area contributed by atoms with Crippen molar-refractivity contribution in [2.45, 2.75) is 58.0 Å². The van der Waals surface area contributed by atoms with E-state index in [2.05, 4.69) is 24.1 Å². The predicted octanol–water partition coefficient (Wildman–Crippen LogP) is 1.66. The van der Waals surface area contributed by atoms with Gasteiger partial charge in [0, 0.05) is 17.3 Å². The smallest absolute Gasteiger partial charge is 0.150 e. The molecule has 0 aromatic carbocycles. The normalized spacial score (nSPS) is 19.8. The molecule has 0 bridgehead atoms. The highest BCUT2D eigenvalue weighted by Gasteiger charge is 2.35. The van der Waals surface area contributed by atoms with Gasteiger partial charge in [0.05, 0.1) is 5.75 Å². The summed E-state index contributed by atoms with van der Waals surface area (Å²) in [7, 11) is -0.846. The highest BCUT2D eigenvalue weighted by molar-refractivity contribution is 7.91. The van der Waals surface area contributed by atoms with Gasteiger partial charge in [-0.3, -0.25) is 4.90 Å². The second kappa shape index (κ2) is 7.04. The summed E-state index contributed by atoms with van der Waals surface area (Å²) in [5.41, 5.74) is 0.0984. The van der Waals surface area contributed by atoms with E-state index >= 15 is 0 Å². The molecule has 1 fully saturated rings. The van der Waals surface area contributed by atoms with Gasteiger partial charge in [0.15, 0.2) is 0 Å². The lowest BCUT2D eigenvalue weighted by molar-refractivity contribution is 0.106. The standard InChI is InChI=1S/C14H30N2O2S/c1-5-19(17,18)12-8-9-13(15-4)14(2,3)16-10-6-7-11-16/h13,15H,5-12H2,1-4H3. The van der Waals surface area contributed by atoms with Crippen LogP contribution in [0.3, 0.4) is 0 Å². The van der Waals surface area contributed by atoms with Gasteiger partial charge < -0.3 is 5.32 Å². The maximum absolute atomic E-state index is 11.5. The van der Waals surface area contributed by atoms with Crippen molar-refractivity contribution >= 4 is 9.84 Å². The molecule has 0 aromatic heterocycles. The minimum Gasteiger partial charge on any atom is -0.315 e. The Labute approximate surface area is 118 Å². The van der Waals surface area contributed by atoms with Gasteiger partial charge in [0.1, 0.15) is 9.84 Å². The fraction of sp³-hybridized carbons (Fsp3) is 1.00. The summed E-state index contributed by atoms with van der Waals surface area (Å²) in [6.07, 6.45) is 4.23. The molecule has 1 atom stereocenters. The fourth-order valence-electron chi connectivity index (χ4n) is 3.02. The number of nitrogens with one attached hydrogen (secondary N) is 1. The van der Waals surface area contributed by atoms with Crippen molar-refractivity contribution < 1.29 is 8.42 Å². The van der Waals surface area contributed by atoms with E-state index in [1.54, 1.807) is 6.92 Å². The van der Waals surface area contributed by atoms with Gasteiger partial charge >= 0.3 is 0 Å². The Morgan fingerprint density at radius 3 is 2.32 bits per heavy atom. The Morgan fingerprint density at radius 1 is 1.26 bits per heavy atom. The van der Waals surface area contributed by atoms with Crippen LogP contribution >= 0.6 is 0 Å². The van der Waals surface area contributed by atoms with Crippen LogP contribution in [0.1, 0.15) is 46.5 Å². The second-order valence-electron chi connectivity index (χ2n) is 6.07. The molecule has 1 aliphatic rings. The molecule has 1 saturated heterocycles. The SMILES string of the molecule is CCS(=O)(=O)CCCC(NC)C(C)(C)N1CCCC1. The van der Waals surface area contributed by atoms with Crippen LogP contribution < -0.4 is 5.32 Å². The molecule has 4 nitrogen and oxygen atoms in total. The monoisotopic (exact) mass is 290 g/mol. The Hall–Kier alpha value is -0.130. The first-order valence-electron chi connectivity index (χ1n) is 7.46. The first kappa shape index (κ1) is 16.9. The third kappa shape index (κ3) is 4.72. The summed E-state index contributed by atoms with van der Waals surface area (Å²) < 4.78 is 23.1. The number of sulfone groups is 1. The topological polar surface area (TPSA) is 49.4 Å². The van der Waals surface area contributed by atoms with Crippen LogP contribution in [0, 0.1) is 0 Å². The van der Waals surface area contributed by atoms with Crippen LogP contribution in [0.15, 0.2) is 0 Å². The number of nitrogens with zero attached hydrogens (tertiary/aromatic N) is 1. The maximum Gasteiger partial charge on any atom is 0.150 e. The molecule has 1 unspecified atom stereocenters. The van der Waals surface area contributed by atoms with Crippen LogP contribution in [0.25, 0.3) is 0 Å². The van der Waals surface area contributed by atoms with E-state index < -0.39 is 9.84 Å². The van der Waals surface area contributed by atoms with E-state index in [-0.39, 0.29) is 11.3 Å². The predicted molar refractivity (Wildman–Crippen MR) is 81.3 cm³/mol. The van der Waals surface area contributed by atoms with Gasteiger partial charge in [-0.1, -0.05) is 6.92 Å². The van der Waals surface area contributed by atoms with E-state index in [9.17, 15) is 8.42 Å². The first-order chi connectivity index (χ1) is 8.83. The Balaban J connectivity index is 2.52. The van der Waals surface area contributed by atoms with Crippen molar-refractivity contribution in [1.29, 1.82) is 0 Å². The van der Waals surface area contributed by atoms with Gasteiger partial charge in [-0.2, -0.15) is 0 Å². The summed E-state index contributed by atoms with van der Waals surface area (Å²) in [5.74, 6) is 0.574. The lowest BCUT2D eigenvalue weighted by Gasteiger charge is -2.42. The molecule has 5 heteroatoms. The Bertz CT molecular complexity index is 360. The van der Waals surface area contributed by atoms with Crippen molar-refractivity contribution in [3.05, 3.63) is 0 Å². The number of rotatable bonds is 8. The molecule has 1 aliphatic heterocycles. The van der Waals surface area contributed by atoms with Crippen molar-refractivity contribution in [3.8, 4) is 0 Å². The zero-order valence-corrected chi connectivity index (χ0v) is 13.7. The highest BCUT2D eigenvalue weighted by Crippen LogP contribution is 2.26. The van der Waals surface area contributed by atoms with Crippen molar-refractivity contribution in [3.63, 3.8) is 0 Å². The third-order valence-corrected chi connectivity index (χ3v) is 6.30. The molecule has 19 heavy (non-hydrogen) atoms. The summed E-state index contributed by atoms with van der Waals surface area (Å²) in [4.78, 5) is 2.53. The molecule has 0 spiro atoms. The molecule has 1 rings (SSSR count). The molecule has 114 valence electrons. The van der Waals surface area contributed by atoms with Gasteiger partial charge in [-0.15, -0.1) is 0 Å². The van der Waals surface area contributed by atoms with Crippen LogP contribution in [-0.2, 0) is 9.84 Å². The van der Waals surface area contributed by atoms with Crippen LogP contribution in [-0.4, -0.2) is 56.5 Å². The minimum absolute atomic E-state index is 0.0984.